The third-order valence-corrected chi connectivity index (χ3v) is 6.38. The number of nitrogens with zero attached hydrogens (tertiary/aromatic N) is 3. The second-order valence-electron chi connectivity index (χ2n) is 8.66. The molecule has 0 unspecified atom stereocenters. The molecule has 2 aromatic carbocycles. The number of anilines is 1. The second-order valence-corrected chi connectivity index (χ2v) is 9.07. The summed E-state index contributed by atoms with van der Waals surface area (Å²) in [5.41, 5.74) is 8.51. The fraction of sp³-hybridized carbons (Fsp3) is 0.286. The Morgan fingerprint density at radius 1 is 1.05 bits per heavy atom. The summed E-state index contributed by atoms with van der Waals surface area (Å²) in [4.78, 5) is 20.6. The smallest absolute Gasteiger partial charge is 0.248 e. The number of nitrogens with one attached hydrogen (secondary N) is 2. The molecule has 0 aliphatic heterocycles. The topological polar surface area (TPSA) is 126 Å². The van der Waals surface area contributed by atoms with Crippen LogP contribution in [0.5, 0.6) is 0 Å². The maximum atomic E-state index is 11.6. The summed E-state index contributed by atoms with van der Waals surface area (Å²) in [6.07, 6.45) is 5.82. The number of unbranched alkanes of at least 4 members (excludes halogenated alkanes) is 1. The van der Waals surface area contributed by atoms with Gasteiger partial charge in [0.05, 0.1) is 24.6 Å². The Labute approximate surface area is 220 Å². The molecular weight excluding hydrogens is 488 g/mol. The van der Waals surface area contributed by atoms with Crippen LogP contribution >= 0.6 is 11.6 Å². The molecule has 8 nitrogen and oxygen atoms in total. The van der Waals surface area contributed by atoms with Gasteiger partial charge in [0.15, 0.2) is 0 Å². The van der Waals surface area contributed by atoms with Crippen molar-refractivity contribution in [3.8, 4) is 6.07 Å². The number of ether oxygens (including phenoxy) is 1. The number of amides is 1. The van der Waals surface area contributed by atoms with Gasteiger partial charge in [-0.3, -0.25) is 9.78 Å². The van der Waals surface area contributed by atoms with E-state index >= 15 is 0 Å². The summed E-state index contributed by atoms with van der Waals surface area (Å²) in [6.45, 7) is 3.45. The number of primary amides is 1. The zero-order valence-electron chi connectivity index (χ0n) is 20.5. The first-order chi connectivity index (χ1) is 18.1. The van der Waals surface area contributed by atoms with E-state index in [1.54, 1.807) is 24.5 Å². The Balaban J connectivity index is 1.18. The SMILES string of the molecule is N#CCc1ccc(CNCCCCOCCNc2nc3cc(C(N)=O)ccc3c3cnccc23)cc1Cl. The molecule has 4 rings (SSSR count). The molecule has 9 heteroatoms. The quantitative estimate of drug-likeness (QED) is 0.175. The van der Waals surface area contributed by atoms with Crippen molar-refractivity contribution in [1.82, 2.24) is 15.3 Å². The van der Waals surface area contributed by atoms with E-state index < -0.39 is 5.91 Å². The van der Waals surface area contributed by atoms with Crippen LogP contribution in [0.15, 0.2) is 54.9 Å². The summed E-state index contributed by atoms with van der Waals surface area (Å²) < 4.78 is 5.79. The van der Waals surface area contributed by atoms with E-state index in [1.165, 1.54) is 0 Å². The molecule has 2 heterocycles. The van der Waals surface area contributed by atoms with Crippen LogP contribution in [-0.2, 0) is 17.7 Å². The highest BCUT2D eigenvalue weighted by molar-refractivity contribution is 6.31. The number of nitriles is 1. The molecule has 37 heavy (non-hydrogen) atoms. The summed E-state index contributed by atoms with van der Waals surface area (Å²) >= 11 is 6.22. The van der Waals surface area contributed by atoms with Crippen LogP contribution in [-0.4, -0.2) is 42.2 Å². The lowest BCUT2D eigenvalue weighted by molar-refractivity contribution is 0.100. The zero-order valence-corrected chi connectivity index (χ0v) is 21.2. The van der Waals surface area contributed by atoms with Gasteiger partial charge in [-0.25, -0.2) is 4.98 Å². The highest BCUT2D eigenvalue weighted by Crippen LogP contribution is 2.29. The number of hydrogen-bond acceptors (Lipinski definition) is 7. The van der Waals surface area contributed by atoms with Gasteiger partial charge in [0.1, 0.15) is 5.82 Å². The molecule has 0 saturated heterocycles. The molecule has 0 radical (unpaired) electrons. The van der Waals surface area contributed by atoms with Crippen molar-refractivity contribution in [1.29, 1.82) is 5.26 Å². The van der Waals surface area contributed by atoms with Gasteiger partial charge >= 0.3 is 0 Å². The Morgan fingerprint density at radius 3 is 2.76 bits per heavy atom. The lowest BCUT2D eigenvalue weighted by Crippen LogP contribution is -2.16. The largest absolute Gasteiger partial charge is 0.380 e. The number of fused-ring (bicyclic) bond motifs is 3. The highest BCUT2D eigenvalue weighted by Gasteiger charge is 2.10. The number of carbonyl (C=O) groups excluding carboxylic acids is 1. The molecule has 0 spiro atoms. The lowest BCUT2D eigenvalue weighted by atomic mass is 10.1. The van der Waals surface area contributed by atoms with Gasteiger partial charge in [-0.2, -0.15) is 5.26 Å². The minimum absolute atomic E-state index is 0.326. The maximum Gasteiger partial charge on any atom is 0.248 e. The molecule has 4 aromatic rings. The second kappa shape index (κ2) is 13.0. The number of hydrogen-bond donors (Lipinski definition) is 3. The molecule has 2 aromatic heterocycles. The van der Waals surface area contributed by atoms with E-state index in [2.05, 4.69) is 21.7 Å². The first kappa shape index (κ1) is 26.3. The van der Waals surface area contributed by atoms with Crippen molar-refractivity contribution >= 4 is 45.0 Å². The van der Waals surface area contributed by atoms with Crippen LogP contribution in [0.3, 0.4) is 0 Å². The molecule has 0 bridgehead atoms. The number of benzene rings is 2. The van der Waals surface area contributed by atoms with Gasteiger partial charge < -0.3 is 21.1 Å². The molecule has 0 aliphatic carbocycles. The van der Waals surface area contributed by atoms with Gasteiger partial charge in [0.25, 0.3) is 0 Å². The first-order valence-electron chi connectivity index (χ1n) is 12.2. The van der Waals surface area contributed by atoms with E-state index in [4.69, 9.17) is 32.3 Å². The molecular formula is C28H29ClN6O2. The highest BCUT2D eigenvalue weighted by atomic mass is 35.5. The number of aromatic nitrogens is 2. The summed E-state index contributed by atoms with van der Waals surface area (Å²) in [7, 11) is 0. The fourth-order valence-corrected chi connectivity index (χ4v) is 4.37. The third kappa shape index (κ3) is 6.92. The summed E-state index contributed by atoms with van der Waals surface area (Å²) in [5.74, 6) is 0.239. The molecule has 0 aliphatic rings. The van der Waals surface area contributed by atoms with Gasteiger partial charge in [-0.05, 0) is 54.8 Å². The minimum Gasteiger partial charge on any atom is -0.380 e. The van der Waals surface area contributed by atoms with Crippen molar-refractivity contribution in [3.05, 3.63) is 76.6 Å². The van der Waals surface area contributed by atoms with Crippen LogP contribution < -0.4 is 16.4 Å². The summed E-state index contributed by atoms with van der Waals surface area (Å²) in [5, 5.41) is 19.0. The number of nitrogens with two attached hydrogens (primary N) is 1. The maximum absolute atomic E-state index is 11.6. The van der Waals surface area contributed by atoms with Crippen molar-refractivity contribution in [2.24, 2.45) is 5.73 Å². The number of carbonyl (C=O) groups is 1. The number of pyridine rings is 2. The molecule has 0 fully saturated rings. The summed E-state index contributed by atoms with van der Waals surface area (Å²) in [6, 6.07) is 15.1. The number of halogens is 1. The van der Waals surface area contributed by atoms with E-state index in [0.29, 0.717) is 42.3 Å². The van der Waals surface area contributed by atoms with E-state index in [1.807, 2.05) is 30.3 Å². The van der Waals surface area contributed by atoms with Crippen LogP contribution in [0.4, 0.5) is 5.82 Å². The normalized spacial score (nSPS) is 11.0. The van der Waals surface area contributed by atoms with Crippen LogP contribution in [0.2, 0.25) is 5.02 Å². The van der Waals surface area contributed by atoms with Gasteiger partial charge in [-0.1, -0.05) is 29.8 Å². The van der Waals surface area contributed by atoms with Gasteiger partial charge in [0.2, 0.25) is 5.91 Å². The van der Waals surface area contributed by atoms with E-state index in [-0.39, 0.29) is 0 Å². The number of rotatable bonds is 13. The molecule has 4 N–H and O–H groups in total. The Morgan fingerprint density at radius 2 is 1.95 bits per heavy atom. The van der Waals surface area contributed by atoms with Crippen molar-refractivity contribution in [2.45, 2.75) is 25.8 Å². The Hall–Kier alpha value is -3.77. The Kier molecular flexibility index (Phi) is 9.22. The first-order valence-corrected chi connectivity index (χ1v) is 12.6. The van der Waals surface area contributed by atoms with Crippen LogP contribution in [0, 0.1) is 11.3 Å². The standard InChI is InChI=1S/C28H29ClN6O2/c29-25-15-19(3-4-20(25)7-9-30)17-32-10-1-2-13-37-14-12-34-28-23-8-11-33-18-24(23)22-6-5-21(27(31)36)16-26(22)35-28/h3-6,8,11,15-16,18,32H,1-2,7,10,12-14,17H2,(H2,31,36)(H,34,35). The third-order valence-electron chi connectivity index (χ3n) is 6.03. The zero-order chi connectivity index (χ0) is 26.0. The van der Waals surface area contributed by atoms with Gasteiger partial charge in [-0.15, -0.1) is 0 Å². The average Bonchev–Trinajstić information content (AvgIpc) is 2.90. The predicted molar refractivity (Wildman–Crippen MR) is 147 cm³/mol. The minimum atomic E-state index is -0.483. The fourth-order valence-electron chi connectivity index (χ4n) is 4.10. The average molecular weight is 517 g/mol. The molecule has 0 saturated carbocycles. The lowest BCUT2D eigenvalue weighted by Gasteiger charge is -2.12. The van der Waals surface area contributed by atoms with Crippen LogP contribution in [0.1, 0.15) is 34.3 Å². The molecule has 190 valence electrons. The van der Waals surface area contributed by atoms with Crippen LogP contribution in [0.25, 0.3) is 21.7 Å². The monoisotopic (exact) mass is 516 g/mol. The van der Waals surface area contributed by atoms with E-state index in [9.17, 15) is 4.79 Å². The molecule has 1 amide bonds. The molecule has 0 atom stereocenters. The Bertz CT molecular complexity index is 1440. The van der Waals surface area contributed by atoms with Crippen molar-refractivity contribution < 1.29 is 9.53 Å². The van der Waals surface area contributed by atoms with Gasteiger partial charge in [0, 0.05) is 58.8 Å². The van der Waals surface area contributed by atoms with Crippen molar-refractivity contribution in [3.63, 3.8) is 0 Å². The van der Waals surface area contributed by atoms with E-state index in [0.717, 1.165) is 59.0 Å². The predicted octanol–water partition coefficient (Wildman–Crippen LogP) is 4.60. The van der Waals surface area contributed by atoms with Crippen molar-refractivity contribution in [2.75, 3.05) is 31.6 Å².